The second kappa shape index (κ2) is 6.35. The molecule has 3 N–H and O–H groups in total. The Balaban J connectivity index is 1.88. The van der Waals surface area contributed by atoms with Crippen LogP contribution in [0.2, 0.25) is 0 Å². The molecule has 0 aromatic heterocycles. The first-order valence-electron chi connectivity index (χ1n) is 6.72. The van der Waals surface area contributed by atoms with E-state index in [0.717, 1.165) is 5.56 Å². The third-order valence-electron chi connectivity index (χ3n) is 3.34. The van der Waals surface area contributed by atoms with E-state index in [1.165, 1.54) is 11.1 Å². The molecule has 0 radical (unpaired) electrons. The zero-order chi connectivity index (χ0) is 14.5. The van der Waals surface area contributed by atoms with E-state index in [0.29, 0.717) is 24.3 Å². The third-order valence-corrected chi connectivity index (χ3v) is 3.34. The topological polar surface area (TPSA) is 55.1 Å². The highest BCUT2D eigenvalue weighted by molar-refractivity contribution is 5.98. The normalized spacial score (nSPS) is 10.5. The lowest BCUT2D eigenvalue weighted by molar-refractivity contribution is 0.0991. The maximum absolute atomic E-state index is 12.0. The summed E-state index contributed by atoms with van der Waals surface area (Å²) in [6.45, 7) is 4.99. The predicted molar refractivity (Wildman–Crippen MR) is 82.8 cm³/mol. The minimum Gasteiger partial charge on any atom is -0.398 e. The van der Waals surface area contributed by atoms with E-state index in [9.17, 15) is 4.79 Å². The Bertz CT molecular complexity index is 603. The Morgan fingerprint density at radius 2 is 1.80 bits per heavy atom. The van der Waals surface area contributed by atoms with Crippen molar-refractivity contribution in [3.8, 4) is 0 Å². The number of carbonyl (C=O) groups excluding carboxylic acids is 1. The van der Waals surface area contributed by atoms with Crippen LogP contribution in [-0.4, -0.2) is 12.3 Å². The van der Waals surface area contributed by atoms with Gasteiger partial charge in [0.05, 0.1) is 6.54 Å². The first-order valence-corrected chi connectivity index (χ1v) is 6.72. The maximum atomic E-state index is 12.0. The summed E-state index contributed by atoms with van der Waals surface area (Å²) in [7, 11) is 0. The predicted octanol–water partition coefficient (Wildman–Crippen LogP) is 2.86. The number of nitrogen functional groups attached to an aromatic ring is 1. The zero-order valence-corrected chi connectivity index (χ0v) is 11.9. The Morgan fingerprint density at radius 3 is 2.45 bits per heavy atom. The molecule has 0 fully saturated rings. The Kier molecular flexibility index (Phi) is 4.53. The average molecular weight is 268 g/mol. The zero-order valence-electron chi connectivity index (χ0n) is 11.9. The van der Waals surface area contributed by atoms with E-state index in [4.69, 9.17) is 5.73 Å². The molecule has 0 bridgehead atoms. The molecular formula is C17H20N2O. The molecule has 3 heteroatoms. The monoisotopic (exact) mass is 268 g/mol. The smallest absolute Gasteiger partial charge is 0.176 e. The van der Waals surface area contributed by atoms with Crippen molar-refractivity contribution >= 4 is 11.5 Å². The molecule has 0 saturated heterocycles. The Labute approximate surface area is 119 Å². The standard InChI is InChI=1S/C17H20N2O/c1-12-3-6-14(7-4-12)10-19-11-17(20)15-8-5-13(2)16(18)9-15/h3-9,19H,10-11,18H2,1-2H3. The highest BCUT2D eigenvalue weighted by Gasteiger charge is 2.06. The van der Waals surface area contributed by atoms with Crippen LogP contribution < -0.4 is 11.1 Å². The van der Waals surface area contributed by atoms with E-state index >= 15 is 0 Å². The molecule has 0 saturated carbocycles. The van der Waals surface area contributed by atoms with Crippen LogP contribution in [-0.2, 0) is 6.54 Å². The van der Waals surface area contributed by atoms with E-state index in [2.05, 4.69) is 36.5 Å². The molecule has 0 atom stereocenters. The second-order valence-electron chi connectivity index (χ2n) is 5.08. The first kappa shape index (κ1) is 14.3. The number of hydrogen-bond acceptors (Lipinski definition) is 3. The van der Waals surface area contributed by atoms with Gasteiger partial charge in [0.2, 0.25) is 0 Å². The largest absolute Gasteiger partial charge is 0.398 e. The van der Waals surface area contributed by atoms with Crippen molar-refractivity contribution < 1.29 is 4.79 Å². The van der Waals surface area contributed by atoms with Crippen molar-refractivity contribution in [2.75, 3.05) is 12.3 Å². The van der Waals surface area contributed by atoms with Crippen molar-refractivity contribution in [2.24, 2.45) is 0 Å². The minimum absolute atomic E-state index is 0.0591. The molecule has 0 aliphatic carbocycles. The third kappa shape index (κ3) is 3.68. The molecular weight excluding hydrogens is 248 g/mol. The SMILES string of the molecule is Cc1ccc(CNCC(=O)c2ccc(C)c(N)c2)cc1. The van der Waals surface area contributed by atoms with Gasteiger partial charge in [-0.15, -0.1) is 0 Å². The summed E-state index contributed by atoms with van der Waals surface area (Å²) in [5.41, 5.74) is 10.5. The fourth-order valence-electron chi connectivity index (χ4n) is 1.94. The molecule has 104 valence electrons. The van der Waals surface area contributed by atoms with Crippen LogP contribution in [0.25, 0.3) is 0 Å². The summed E-state index contributed by atoms with van der Waals surface area (Å²) in [5, 5.41) is 3.16. The highest BCUT2D eigenvalue weighted by Crippen LogP contribution is 2.13. The summed E-state index contributed by atoms with van der Waals surface area (Å²) in [5.74, 6) is 0.0591. The van der Waals surface area contributed by atoms with Crippen molar-refractivity contribution in [3.63, 3.8) is 0 Å². The van der Waals surface area contributed by atoms with Crippen molar-refractivity contribution in [1.82, 2.24) is 5.32 Å². The van der Waals surface area contributed by atoms with Crippen LogP contribution in [0.4, 0.5) is 5.69 Å². The number of rotatable bonds is 5. The van der Waals surface area contributed by atoms with Gasteiger partial charge in [-0.25, -0.2) is 0 Å². The lowest BCUT2D eigenvalue weighted by atomic mass is 10.1. The van der Waals surface area contributed by atoms with Gasteiger partial charge in [-0.3, -0.25) is 4.79 Å². The van der Waals surface area contributed by atoms with Gasteiger partial charge in [0.25, 0.3) is 0 Å². The molecule has 0 heterocycles. The fraction of sp³-hybridized carbons (Fsp3) is 0.235. The van der Waals surface area contributed by atoms with Gasteiger partial charge in [0, 0.05) is 17.8 Å². The van der Waals surface area contributed by atoms with Gasteiger partial charge in [0.15, 0.2) is 5.78 Å². The number of benzene rings is 2. The quantitative estimate of drug-likeness (QED) is 0.647. The molecule has 2 aromatic rings. The summed E-state index contributed by atoms with van der Waals surface area (Å²) < 4.78 is 0. The molecule has 2 rings (SSSR count). The number of anilines is 1. The number of carbonyl (C=O) groups is 1. The summed E-state index contributed by atoms with van der Waals surface area (Å²) in [6, 6.07) is 13.7. The maximum Gasteiger partial charge on any atom is 0.176 e. The molecule has 3 nitrogen and oxygen atoms in total. The number of nitrogens with two attached hydrogens (primary N) is 1. The molecule has 0 amide bonds. The van der Waals surface area contributed by atoms with Crippen molar-refractivity contribution in [3.05, 3.63) is 64.7 Å². The molecule has 0 aliphatic heterocycles. The van der Waals surface area contributed by atoms with Gasteiger partial charge < -0.3 is 11.1 Å². The average Bonchev–Trinajstić information content (AvgIpc) is 2.44. The summed E-state index contributed by atoms with van der Waals surface area (Å²) in [4.78, 5) is 12.0. The van der Waals surface area contributed by atoms with Crippen LogP contribution in [0, 0.1) is 13.8 Å². The number of ketones is 1. The Morgan fingerprint density at radius 1 is 1.10 bits per heavy atom. The van der Waals surface area contributed by atoms with Gasteiger partial charge in [-0.05, 0) is 31.0 Å². The molecule has 0 unspecified atom stereocenters. The summed E-state index contributed by atoms with van der Waals surface area (Å²) in [6.07, 6.45) is 0. The van der Waals surface area contributed by atoms with Crippen LogP contribution in [0.5, 0.6) is 0 Å². The second-order valence-corrected chi connectivity index (χ2v) is 5.08. The first-order chi connectivity index (χ1) is 9.56. The summed E-state index contributed by atoms with van der Waals surface area (Å²) >= 11 is 0. The Hall–Kier alpha value is -2.13. The minimum atomic E-state index is 0.0591. The van der Waals surface area contributed by atoms with E-state index in [1.54, 1.807) is 6.07 Å². The number of nitrogens with one attached hydrogen (secondary N) is 1. The molecule has 0 aliphatic rings. The molecule has 0 spiro atoms. The van der Waals surface area contributed by atoms with Crippen LogP contribution in [0.15, 0.2) is 42.5 Å². The molecule has 2 aromatic carbocycles. The van der Waals surface area contributed by atoms with Gasteiger partial charge >= 0.3 is 0 Å². The van der Waals surface area contributed by atoms with E-state index in [1.807, 2.05) is 19.1 Å². The van der Waals surface area contributed by atoms with E-state index in [-0.39, 0.29) is 5.78 Å². The fourth-order valence-corrected chi connectivity index (χ4v) is 1.94. The lowest BCUT2D eigenvalue weighted by Gasteiger charge is -2.07. The molecule has 20 heavy (non-hydrogen) atoms. The van der Waals surface area contributed by atoms with Gasteiger partial charge in [0.1, 0.15) is 0 Å². The van der Waals surface area contributed by atoms with E-state index < -0.39 is 0 Å². The highest BCUT2D eigenvalue weighted by atomic mass is 16.1. The lowest BCUT2D eigenvalue weighted by Crippen LogP contribution is -2.22. The van der Waals surface area contributed by atoms with Gasteiger partial charge in [-0.1, -0.05) is 42.0 Å². The van der Waals surface area contributed by atoms with Crippen molar-refractivity contribution in [2.45, 2.75) is 20.4 Å². The van der Waals surface area contributed by atoms with Crippen LogP contribution >= 0.6 is 0 Å². The van der Waals surface area contributed by atoms with Crippen molar-refractivity contribution in [1.29, 1.82) is 0 Å². The number of aryl methyl sites for hydroxylation is 2. The van der Waals surface area contributed by atoms with Crippen LogP contribution in [0.1, 0.15) is 27.0 Å². The number of hydrogen-bond donors (Lipinski definition) is 2. The van der Waals surface area contributed by atoms with Gasteiger partial charge in [-0.2, -0.15) is 0 Å². The van der Waals surface area contributed by atoms with Crippen LogP contribution in [0.3, 0.4) is 0 Å². The number of Topliss-reactive ketones (excluding diaryl/α,β-unsaturated/α-hetero) is 1.